The quantitative estimate of drug-likeness (QED) is 0.0808. The number of aliphatic carboxylic acids is 1. The topological polar surface area (TPSA) is 204 Å². The van der Waals surface area contributed by atoms with Crippen molar-refractivity contribution < 1.29 is 47.9 Å². The van der Waals surface area contributed by atoms with Crippen LogP contribution >= 0.6 is 7.82 Å². The van der Waals surface area contributed by atoms with Crippen molar-refractivity contribution >= 4 is 37.3 Å². The van der Waals surface area contributed by atoms with E-state index in [1.165, 1.54) is 31.4 Å². The number of nitrogens with one attached hydrogen (secondary N) is 3. The highest BCUT2D eigenvalue weighted by Crippen LogP contribution is 2.37. The van der Waals surface area contributed by atoms with Crippen molar-refractivity contribution in [2.24, 2.45) is 0 Å². The summed E-state index contributed by atoms with van der Waals surface area (Å²) in [7, 11) is -3.28. The van der Waals surface area contributed by atoms with Crippen LogP contribution in [0.5, 0.6) is 11.5 Å². The number of hydrogen-bond acceptors (Lipinski definition) is 7. The number of carboxylic acid groups (broad SMARTS) is 1. The maximum absolute atomic E-state index is 13.8. The molecule has 0 saturated carbocycles. The second-order valence-corrected chi connectivity index (χ2v) is 12.2. The Morgan fingerprint density at radius 1 is 0.830 bits per heavy atom. The van der Waals surface area contributed by atoms with E-state index in [0.717, 1.165) is 38.5 Å². The number of ether oxygens (including phenoxy) is 1. The van der Waals surface area contributed by atoms with E-state index in [4.69, 9.17) is 14.5 Å². The molecular formula is C32H47N4O10P. The normalized spacial score (nSPS) is 12.4. The van der Waals surface area contributed by atoms with Crippen molar-refractivity contribution in [2.75, 3.05) is 25.5 Å². The zero-order valence-corrected chi connectivity index (χ0v) is 28.0. The number of phosphoric acid groups is 1. The summed E-state index contributed by atoms with van der Waals surface area (Å²) in [4.78, 5) is 71.9. The predicted octanol–water partition coefficient (Wildman–Crippen LogP) is 4.46. The highest BCUT2D eigenvalue weighted by atomic mass is 31.2. The van der Waals surface area contributed by atoms with E-state index in [9.17, 15) is 28.8 Å². The molecule has 2 aromatic rings. The van der Waals surface area contributed by atoms with Gasteiger partial charge in [0, 0.05) is 31.6 Å². The highest BCUT2D eigenvalue weighted by Gasteiger charge is 2.30. The summed E-state index contributed by atoms with van der Waals surface area (Å²) in [5.74, 6) is -1.73. The van der Waals surface area contributed by atoms with Crippen LogP contribution in [0.4, 0.5) is 10.5 Å². The van der Waals surface area contributed by atoms with Gasteiger partial charge in [-0.3, -0.25) is 24.2 Å². The van der Waals surface area contributed by atoms with Gasteiger partial charge >= 0.3 is 19.8 Å². The summed E-state index contributed by atoms with van der Waals surface area (Å²) in [5, 5.41) is 17.4. The predicted molar refractivity (Wildman–Crippen MR) is 176 cm³/mol. The van der Waals surface area contributed by atoms with Gasteiger partial charge in [-0.05, 0) is 61.2 Å². The minimum atomic E-state index is -4.78. The zero-order chi connectivity index (χ0) is 34.8. The van der Waals surface area contributed by atoms with Crippen molar-refractivity contribution in [2.45, 2.75) is 83.7 Å². The van der Waals surface area contributed by atoms with E-state index in [0.29, 0.717) is 30.1 Å². The Balaban J connectivity index is 2.32. The molecule has 14 nitrogen and oxygen atoms in total. The molecule has 0 aromatic heterocycles. The fourth-order valence-corrected chi connectivity index (χ4v) is 5.12. The number of methoxy groups -OCH3 is 1. The molecule has 0 saturated heterocycles. The fourth-order valence-electron chi connectivity index (χ4n) is 4.72. The van der Waals surface area contributed by atoms with Gasteiger partial charge in [-0.2, -0.15) is 0 Å². The van der Waals surface area contributed by atoms with E-state index >= 15 is 0 Å². The number of carboxylic acids is 1. The largest absolute Gasteiger partial charge is 0.524 e. The molecule has 0 spiro atoms. The van der Waals surface area contributed by atoms with Gasteiger partial charge in [-0.15, -0.1) is 0 Å². The van der Waals surface area contributed by atoms with Crippen molar-refractivity contribution in [3.05, 3.63) is 54.1 Å². The number of unbranched alkanes of at least 4 members (excludes halogenated alkanes) is 4. The maximum atomic E-state index is 13.8. The molecule has 2 atom stereocenters. The Hall–Kier alpha value is -4.13. The number of nitrogens with zero attached hydrogens (tertiary/aromatic N) is 1. The van der Waals surface area contributed by atoms with Gasteiger partial charge in [0.15, 0.2) is 0 Å². The van der Waals surface area contributed by atoms with Crippen LogP contribution in [0.3, 0.4) is 0 Å². The Morgan fingerprint density at radius 2 is 1.40 bits per heavy atom. The maximum Gasteiger partial charge on any atom is 0.524 e. The summed E-state index contributed by atoms with van der Waals surface area (Å²) in [5.41, 5.74) is 0.924. The zero-order valence-electron chi connectivity index (χ0n) is 27.1. The molecular weight excluding hydrogens is 631 g/mol. The van der Waals surface area contributed by atoms with Crippen LogP contribution in [0.25, 0.3) is 0 Å². The molecule has 0 heterocycles. The number of anilines is 1. The monoisotopic (exact) mass is 678 g/mol. The molecule has 6 N–H and O–H groups in total. The number of urea groups is 1. The van der Waals surface area contributed by atoms with Crippen LogP contribution in [0.2, 0.25) is 0 Å². The van der Waals surface area contributed by atoms with Crippen molar-refractivity contribution in [3.8, 4) is 11.5 Å². The van der Waals surface area contributed by atoms with Crippen LogP contribution in [0.1, 0.15) is 70.8 Å². The lowest BCUT2D eigenvalue weighted by Crippen LogP contribution is -2.55. The number of amides is 4. The summed E-state index contributed by atoms with van der Waals surface area (Å²) in [6.07, 6.45) is 4.70. The van der Waals surface area contributed by atoms with E-state index in [1.807, 2.05) is 0 Å². The molecule has 0 aliphatic heterocycles. The standard InChI is InChI=1S/C32H47N4O10P/c1-4-6-8-20-36(21-9-7-5-2)31(40)27(18-19-29(37)38)34-30(39)28(22-23-10-14-26(15-11-23)46-47(42,43)44)35-32(41)33-24-12-16-25(45-3)17-13-24/h10-17,27-28H,4-9,18-22H2,1-3H3,(H,34,39)(H,37,38)(H2,33,35,41)(H2,42,43,44)/t27-,28-/m0/s1. The summed E-state index contributed by atoms with van der Waals surface area (Å²) in [6.45, 7) is 5.06. The van der Waals surface area contributed by atoms with Gasteiger partial charge in [0.2, 0.25) is 11.8 Å². The Bertz CT molecular complexity index is 1320. The molecule has 0 radical (unpaired) electrons. The van der Waals surface area contributed by atoms with Crippen LogP contribution in [-0.2, 0) is 25.4 Å². The van der Waals surface area contributed by atoms with Crippen molar-refractivity contribution in [3.63, 3.8) is 0 Å². The Labute approximate surface area is 275 Å². The van der Waals surface area contributed by atoms with Crippen LogP contribution in [0.15, 0.2) is 48.5 Å². The molecule has 0 aliphatic rings. The molecule has 15 heteroatoms. The molecule has 2 aromatic carbocycles. The molecule has 0 bridgehead atoms. The van der Waals surface area contributed by atoms with Gasteiger partial charge in [-0.1, -0.05) is 51.7 Å². The summed E-state index contributed by atoms with van der Waals surface area (Å²) in [6, 6.07) is 9.00. The second-order valence-electron chi connectivity index (χ2n) is 11.0. The number of phosphoric ester groups is 1. The van der Waals surface area contributed by atoms with Crippen LogP contribution in [-0.4, -0.2) is 75.9 Å². The number of carbonyl (C=O) groups excluding carboxylic acids is 3. The third-order valence-electron chi connectivity index (χ3n) is 7.19. The smallest absolute Gasteiger partial charge is 0.497 e. The summed E-state index contributed by atoms with van der Waals surface area (Å²) < 4.78 is 20.9. The molecule has 0 unspecified atom stereocenters. The van der Waals surface area contributed by atoms with Gasteiger partial charge in [-0.25, -0.2) is 9.36 Å². The van der Waals surface area contributed by atoms with Crippen molar-refractivity contribution in [1.82, 2.24) is 15.5 Å². The van der Waals surface area contributed by atoms with E-state index in [-0.39, 0.29) is 30.9 Å². The first-order valence-corrected chi connectivity index (χ1v) is 17.2. The van der Waals surface area contributed by atoms with Crippen LogP contribution < -0.4 is 25.2 Å². The highest BCUT2D eigenvalue weighted by molar-refractivity contribution is 7.46. The van der Waals surface area contributed by atoms with E-state index in [2.05, 4.69) is 34.3 Å². The first-order valence-electron chi connectivity index (χ1n) is 15.7. The average molecular weight is 679 g/mol. The second kappa shape index (κ2) is 20.2. The molecule has 4 amide bonds. The van der Waals surface area contributed by atoms with E-state index < -0.39 is 37.8 Å². The van der Waals surface area contributed by atoms with Gasteiger partial charge in [0.05, 0.1) is 7.11 Å². The molecule has 0 fully saturated rings. The third kappa shape index (κ3) is 15.3. The molecule has 47 heavy (non-hydrogen) atoms. The first kappa shape index (κ1) is 39.1. The van der Waals surface area contributed by atoms with Gasteiger partial charge in [0.1, 0.15) is 23.6 Å². The number of benzene rings is 2. The molecule has 0 aliphatic carbocycles. The number of hydrogen-bond donors (Lipinski definition) is 6. The fraction of sp³-hybridized carbons (Fsp3) is 0.500. The number of carbonyl (C=O) groups is 4. The Kier molecular flexibility index (Phi) is 16.8. The first-order chi connectivity index (χ1) is 22.3. The molecule has 2 rings (SSSR count). The van der Waals surface area contributed by atoms with Gasteiger partial charge in [0.25, 0.3) is 0 Å². The average Bonchev–Trinajstić information content (AvgIpc) is 3.02. The lowest BCUT2D eigenvalue weighted by molar-refractivity contribution is -0.139. The minimum Gasteiger partial charge on any atom is -0.497 e. The molecule has 260 valence electrons. The lowest BCUT2D eigenvalue weighted by atomic mass is 10.0. The third-order valence-corrected chi connectivity index (χ3v) is 7.64. The SMILES string of the molecule is CCCCCN(CCCCC)C(=O)[C@H](CCC(=O)O)NC(=O)[C@H](Cc1ccc(OP(=O)(O)O)cc1)NC(=O)Nc1ccc(OC)cc1. The van der Waals surface area contributed by atoms with Crippen LogP contribution in [0, 0.1) is 0 Å². The summed E-state index contributed by atoms with van der Waals surface area (Å²) >= 11 is 0. The lowest BCUT2D eigenvalue weighted by Gasteiger charge is -2.29. The Morgan fingerprint density at radius 3 is 1.91 bits per heavy atom. The minimum absolute atomic E-state index is 0.0748. The van der Waals surface area contributed by atoms with Gasteiger partial charge < -0.3 is 35.2 Å². The van der Waals surface area contributed by atoms with Crippen molar-refractivity contribution in [1.29, 1.82) is 0 Å². The van der Waals surface area contributed by atoms with E-state index in [1.54, 1.807) is 29.2 Å². The number of rotatable bonds is 21.